The summed E-state index contributed by atoms with van der Waals surface area (Å²) in [6, 6.07) is 2.04. The van der Waals surface area contributed by atoms with Gasteiger partial charge < -0.3 is 4.72 Å². The van der Waals surface area contributed by atoms with Crippen LogP contribution in [0.15, 0.2) is 28.6 Å². The molecule has 0 saturated carbocycles. The van der Waals surface area contributed by atoms with Crippen molar-refractivity contribution in [2.45, 2.75) is 6.42 Å². The molecule has 0 fully saturated rings. The SMILES string of the molecule is C1=NSNC2=C1c1ccncc1C2. The minimum absolute atomic E-state index is 0.956. The van der Waals surface area contributed by atoms with Gasteiger partial charge in [-0.2, -0.15) is 0 Å². The summed E-state index contributed by atoms with van der Waals surface area (Å²) in [5.41, 5.74) is 5.02. The third-order valence-electron chi connectivity index (χ3n) is 2.29. The zero-order valence-electron chi connectivity index (χ0n) is 6.82. The van der Waals surface area contributed by atoms with Gasteiger partial charge >= 0.3 is 0 Å². The summed E-state index contributed by atoms with van der Waals surface area (Å²) in [5, 5.41) is 0. The van der Waals surface area contributed by atoms with Crippen molar-refractivity contribution in [1.82, 2.24) is 9.71 Å². The minimum atomic E-state index is 0.956. The van der Waals surface area contributed by atoms with Crippen LogP contribution in [0.3, 0.4) is 0 Å². The van der Waals surface area contributed by atoms with Crippen molar-refractivity contribution < 1.29 is 0 Å². The van der Waals surface area contributed by atoms with Crippen molar-refractivity contribution in [3.8, 4) is 0 Å². The molecule has 3 rings (SSSR count). The molecule has 2 heterocycles. The molecule has 0 spiro atoms. The Morgan fingerprint density at radius 1 is 1.46 bits per heavy atom. The Hall–Kier alpha value is -1.29. The molecular weight excluding hydrogens is 182 g/mol. The number of nitrogens with one attached hydrogen (secondary N) is 1. The van der Waals surface area contributed by atoms with Crippen LogP contribution < -0.4 is 4.72 Å². The molecule has 0 amide bonds. The van der Waals surface area contributed by atoms with Crippen LogP contribution in [-0.2, 0) is 6.42 Å². The molecule has 0 unspecified atom stereocenters. The Bertz CT molecular complexity index is 423. The first kappa shape index (κ1) is 7.15. The van der Waals surface area contributed by atoms with Gasteiger partial charge in [0.2, 0.25) is 0 Å². The number of pyridine rings is 1. The quantitative estimate of drug-likeness (QED) is 0.630. The third-order valence-corrected chi connectivity index (χ3v) is 2.84. The number of rotatable bonds is 0. The maximum Gasteiger partial charge on any atom is 0.0898 e. The molecule has 0 saturated heterocycles. The average molecular weight is 189 g/mol. The molecule has 64 valence electrons. The van der Waals surface area contributed by atoms with Gasteiger partial charge in [0.1, 0.15) is 0 Å². The van der Waals surface area contributed by atoms with Crippen molar-refractivity contribution >= 4 is 23.9 Å². The van der Waals surface area contributed by atoms with Crippen molar-refractivity contribution in [3.63, 3.8) is 0 Å². The van der Waals surface area contributed by atoms with E-state index >= 15 is 0 Å². The fourth-order valence-corrected chi connectivity index (χ4v) is 2.18. The summed E-state index contributed by atoms with van der Waals surface area (Å²) in [7, 11) is 0. The number of allylic oxidation sites excluding steroid dienone is 2. The van der Waals surface area contributed by atoms with E-state index in [1.807, 2.05) is 24.7 Å². The number of fused-ring (bicyclic) bond motifs is 2. The highest BCUT2D eigenvalue weighted by atomic mass is 32.2. The van der Waals surface area contributed by atoms with Crippen LogP contribution in [0.1, 0.15) is 11.1 Å². The maximum atomic E-state index is 4.12. The molecule has 1 aliphatic carbocycles. The lowest BCUT2D eigenvalue weighted by Crippen LogP contribution is -2.07. The zero-order valence-corrected chi connectivity index (χ0v) is 7.64. The zero-order chi connectivity index (χ0) is 8.67. The van der Waals surface area contributed by atoms with Crippen molar-refractivity contribution in [3.05, 3.63) is 35.3 Å². The summed E-state index contributed by atoms with van der Waals surface area (Å²) in [6.07, 6.45) is 6.62. The smallest absolute Gasteiger partial charge is 0.0898 e. The second kappa shape index (κ2) is 2.60. The molecule has 3 nitrogen and oxygen atoms in total. The van der Waals surface area contributed by atoms with Crippen LogP contribution in [0.5, 0.6) is 0 Å². The Kier molecular flexibility index (Phi) is 1.43. The molecule has 1 aliphatic heterocycles. The van der Waals surface area contributed by atoms with E-state index in [-0.39, 0.29) is 0 Å². The van der Waals surface area contributed by atoms with Gasteiger partial charge in [0.15, 0.2) is 0 Å². The number of nitrogens with zero attached hydrogens (tertiary/aromatic N) is 2. The first-order valence-electron chi connectivity index (χ1n) is 4.07. The van der Waals surface area contributed by atoms with Crippen LogP contribution in [0.2, 0.25) is 0 Å². The highest BCUT2D eigenvalue weighted by molar-refractivity contribution is 7.96. The van der Waals surface area contributed by atoms with Gasteiger partial charge in [-0.1, -0.05) is 0 Å². The van der Waals surface area contributed by atoms with Gasteiger partial charge in [-0.15, -0.1) is 0 Å². The molecule has 0 atom stereocenters. The summed E-state index contributed by atoms with van der Waals surface area (Å²) in [5.74, 6) is 0. The largest absolute Gasteiger partial charge is 0.313 e. The van der Waals surface area contributed by atoms with Gasteiger partial charge in [-0.25, -0.2) is 4.40 Å². The highest BCUT2D eigenvalue weighted by Crippen LogP contribution is 2.32. The molecule has 0 aromatic carbocycles. The molecule has 1 aromatic heterocycles. The van der Waals surface area contributed by atoms with Gasteiger partial charge in [-0.3, -0.25) is 4.98 Å². The van der Waals surface area contributed by atoms with E-state index in [0.29, 0.717) is 0 Å². The number of hydrogen-bond acceptors (Lipinski definition) is 4. The topological polar surface area (TPSA) is 37.3 Å². The van der Waals surface area contributed by atoms with E-state index in [2.05, 4.69) is 14.1 Å². The van der Waals surface area contributed by atoms with Crippen molar-refractivity contribution in [1.29, 1.82) is 0 Å². The molecular formula is C9H7N3S. The third kappa shape index (κ3) is 0.986. The summed E-state index contributed by atoms with van der Waals surface area (Å²) < 4.78 is 7.32. The lowest BCUT2D eigenvalue weighted by Gasteiger charge is -2.08. The highest BCUT2D eigenvalue weighted by Gasteiger charge is 2.21. The Morgan fingerprint density at radius 3 is 3.46 bits per heavy atom. The first-order valence-corrected chi connectivity index (χ1v) is 4.84. The second-order valence-corrected chi connectivity index (χ2v) is 3.63. The maximum absolute atomic E-state index is 4.12. The fraction of sp³-hybridized carbons (Fsp3) is 0.111. The van der Waals surface area contributed by atoms with E-state index in [9.17, 15) is 0 Å². The Morgan fingerprint density at radius 2 is 2.46 bits per heavy atom. The van der Waals surface area contributed by atoms with E-state index in [1.54, 1.807) is 0 Å². The Labute approximate surface area is 80.2 Å². The molecule has 1 aromatic rings. The van der Waals surface area contributed by atoms with Gasteiger partial charge in [0, 0.05) is 36.3 Å². The minimum Gasteiger partial charge on any atom is -0.313 e. The number of hydrogen-bond donors (Lipinski definition) is 1. The molecule has 4 heteroatoms. The average Bonchev–Trinajstić information content (AvgIpc) is 2.56. The van der Waals surface area contributed by atoms with Gasteiger partial charge in [-0.05, 0) is 17.2 Å². The summed E-state index contributed by atoms with van der Waals surface area (Å²) in [6.45, 7) is 0. The van der Waals surface area contributed by atoms with Crippen LogP contribution >= 0.6 is 12.1 Å². The predicted molar refractivity (Wildman–Crippen MR) is 54.1 cm³/mol. The van der Waals surface area contributed by atoms with Crippen molar-refractivity contribution in [2.24, 2.45) is 4.40 Å². The van der Waals surface area contributed by atoms with Crippen LogP contribution in [0.25, 0.3) is 5.57 Å². The Balaban J connectivity index is 2.18. The van der Waals surface area contributed by atoms with E-state index < -0.39 is 0 Å². The fourth-order valence-electron chi connectivity index (χ4n) is 1.68. The van der Waals surface area contributed by atoms with Crippen molar-refractivity contribution in [2.75, 3.05) is 0 Å². The first-order chi connectivity index (χ1) is 6.45. The predicted octanol–water partition coefficient (Wildman–Crippen LogP) is 1.59. The summed E-state index contributed by atoms with van der Waals surface area (Å²) in [4.78, 5) is 4.11. The lowest BCUT2D eigenvalue weighted by molar-refractivity contribution is 1.08. The molecule has 13 heavy (non-hydrogen) atoms. The standard InChI is InChI=1S/C9H7N3S/c1-2-10-4-6-3-9-8(7(1)6)5-11-13-12-9/h1-2,4-5,12H,3H2. The second-order valence-electron chi connectivity index (χ2n) is 3.03. The van der Waals surface area contributed by atoms with Crippen LogP contribution in [0.4, 0.5) is 0 Å². The lowest BCUT2D eigenvalue weighted by atomic mass is 10.1. The van der Waals surface area contributed by atoms with E-state index in [1.165, 1.54) is 34.5 Å². The molecule has 0 bridgehead atoms. The molecule has 0 radical (unpaired) electrons. The summed E-state index contributed by atoms with van der Waals surface area (Å²) >= 11 is 1.38. The molecule has 2 aliphatic rings. The van der Waals surface area contributed by atoms with Crippen LogP contribution in [-0.4, -0.2) is 11.2 Å². The van der Waals surface area contributed by atoms with Gasteiger partial charge in [0.05, 0.1) is 12.1 Å². The molecule has 1 N–H and O–H groups in total. The normalized spacial score (nSPS) is 18.2. The monoisotopic (exact) mass is 189 g/mol. The van der Waals surface area contributed by atoms with Crippen LogP contribution in [0, 0.1) is 0 Å². The number of aromatic nitrogens is 1. The van der Waals surface area contributed by atoms with E-state index in [4.69, 9.17) is 0 Å². The van der Waals surface area contributed by atoms with Gasteiger partial charge in [0.25, 0.3) is 0 Å². The van der Waals surface area contributed by atoms with E-state index in [0.717, 1.165) is 6.42 Å².